The number of nitrogens with one attached hydrogen (secondary N) is 2. The van der Waals surface area contributed by atoms with Crippen molar-refractivity contribution in [3.8, 4) is 10.6 Å². The molecule has 7 nitrogen and oxygen atoms in total. The van der Waals surface area contributed by atoms with Gasteiger partial charge in [0.1, 0.15) is 17.0 Å². The van der Waals surface area contributed by atoms with Crippen molar-refractivity contribution in [3.05, 3.63) is 24.2 Å². The van der Waals surface area contributed by atoms with Crippen LogP contribution in [0.3, 0.4) is 0 Å². The molecule has 0 spiro atoms. The molecule has 0 saturated carbocycles. The summed E-state index contributed by atoms with van der Waals surface area (Å²) in [4.78, 5) is 10.3. The number of anilines is 1. The number of nitrogen functional groups attached to an aromatic ring is 1. The van der Waals surface area contributed by atoms with E-state index in [4.69, 9.17) is 5.73 Å². The van der Waals surface area contributed by atoms with Crippen LogP contribution in [0.1, 0.15) is 12.7 Å². The van der Waals surface area contributed by atoms with Crippen molar-refractivity contribution >= 4 is 38.4 Å². The number of imidazole rings is 1. The highest BCUT2D eigenvalue weighted by Crippen LogP contribution is 2.37. The van der Waals surface area contributed by atoms with Gasteiger partial charge < -0.3 is 15.6 Å². The summed E-state index contributed by atoms with van der Waals surface area (Å²) in [6.45, 7) is 3.68. The Morgan fingerprint density at radius 1 is 1.39 bits per heavy atom. The minimum Gasteiger partial charge on any atom is -0.382 e. The first-order valence-electron chi connectivity index (χ1n) is 7.44. The van der Waals surface area contributed by atoms with Gasteiger partial charge in [-0.25, -0.2) is 9.97 Å². The molecule has 4 rings (SSSR count). The molecule has 0 unspecified atom stereocenters. The van der Waals surface area contributed by atoms with Gasteiger partial charge in [0.05, 0.1) is 27.2 Å². The molecule has 0 radical (unpaired) electrons. The number of aryl methyl sites for hydroxylation is 1. The minimum atomic E-state index is 0.470. The molecule has 0 aliphatic carbocycles. The molecule has 8 heteroatoms. The van der Waals surface area contributed by atoms with Crippen LogP contribution in [-0.2, 0) is 13.6 Å². The topological polar surface area (TPSA) is 97.4 Å². The molecule has 0 amide bonds. The van der Waals surface area contributed by atoms with E-state index in [2.05, 4.69) is 37.0 Å². The fourth-order valence-electron chi connectivity index (χ4n) is 2.72. The van der Waals surface area contributed by atoms with Gasteiger partial charge in [0.25, 0.3) is 0 Å². The number of thiophene rings is 1. The molecular formula is C15H17N7S. The van der Waals surface area contributed by atoms with Gasteiger partial charge in [0.2, 0.25) is 0 Å². The molecular weight excluding hydrogens is 310 g/mol. The van der Waals surface area contributed by atoms with Crippen molar-refractivity contribution in [1.82, 2.24) is 30.0 Å². The van der Waals surface area contributed by atoms with Crippen molar-refractivity contribution in [2.75, 3.05) is 12.3 Å². The number of hydrogen-bond donors (Lipinski definition) is 3. The van der Waals surface area contributed by atoms with Gasteiger partial charge >= 0.3 is 0 Å². The first kappa shape index (κ1) is 14.2. The van der Waals surface area contributed by atoms with E-state index in [1.54, 1.807) is 11.3 Å². The van der Waals surface area contributed by atoms with Crippen LogP contribution in [0.5, 0.6) is 0 Å². The first-order valence-corrected chi connectivity index (χ1v) is 8.26. The van der Waals surface area contributed by atoms with E-state index in [1.807, 2.05) is 25.4 Å². The van der Waals surface area contributed by atoms with E-state index < -0.39 is 0 Å². The number of aromatic amines is 1. The highest BCUT2D eigenvalue weighted by atomic mass is 32.1. The quantitative estimate of drug-likeness (QED) is 0.534. The Balaban J connectivity index is 1.97. The van der Waals surface area contributed by atoms with Crippen LogP contribution < -0.4 is 11.1 Å². The van der Waals surface area contributed by atoms with Crippen LogP contribution in [0.15, 0.2) is 18.3 Å². The molecule has 4 heterocycles. The fourth-order valence-corrected chi connectivity index (χ4v) is 3.87. The van der Waals surface area contributed by atoms with E-state index >= 15 is 0 Å². The second-order valence-electron chi connectivity index (χ2n) is 5.35. The van der Waals surface area contributed by atoms with Gasteiger partial charge in [0.15, 0.2) is 5.82 Å². The lowest BCUT2D eigenvalue weighted by atomic mass is 10.3. The Labute approximate surface area is 136 Å². The molecule has 0 aromatic carbocycles. The summed E-state index contributed by atoms with van der Waals surface area (Å²) < 4.78 is 3.19. The Bertz CT molecular complexity index is 981. The normalized spacial score (nSPS) is 11.7. The standard InChI is InChI=1S/C15H17N7S/c1-3-17-7-11-20-12-13(22(11)2)14-9(19-15(12)16)6-10(23-14)8-4-5-18-21-8/h4-6,17H,3,7H2,1-2H3,(H2,16,19)(H,18,21). The maximum Gasteiger partial charge on any atom is 0.152 e. The van der Waals surface area contributed by atoms with Crippen LogP contribution >= 0.6 is 11.3 Å². The van der Waals surface area contributed by atoms with E-state index in [0.717, 1.165) is 44.2 Å². The van der Waals surface area contributed by atoms with Gasteiger partial charge in [-0.2, -0.15) is 5.10 Å². The van der Waals surface area contributed by atoms with Crippen LogP contribution in [0, 0.1) is 0 Å². The zero-order valence-electron chi connectivity index (χ0n) is 12.9. The number of rotatable bonds is 4. The first-order chi connectivity index (χ1) is 11.2. The zero-order valence-corrected chi connectivity index (χ0v) is 13.7. The Kier molecular flexibility index (Phi) is 3.28. The van der Waals surface area contributed by atoms with Crippen molar-refractivity contribution in [2.24, 2.45) is 7.05 Å². The second kappa shape index (κ2) is 5.32. The number of nitrogens with zero attached hydrogens (tertiary/aromatic N) is 4. The summed E-state index contributed by atoms with van der Waals surface area (Å²) in [6.07, 6.45) is 1.82. The fraction of sp³-hybridized carbons (Fsp3) is 0.267. The van der Waals surface area contributed by atoms with Gasteiger partial charge in [-0.1, -0.05) is 6.92 Å². The molecule has 0 aliphatic rings. The summed E-state index contributed by atoms with van der Waals surface area (Å²) >= 11 is 1.66. The van der Waals surface area contributed by atoms with Crippen LogP contribution in [0.25, 0.3) is 31.8 Å². The van der Waals surface area contributed by atoms with Crippen LogP contribution in [-0.4, -0.2) is 31.3 Å². The smallest absolute Gasteiger partial charge is 0.152 e. The van der Waals surface area contributed by atoms with Crippen molar-refractivity contribution in [1.29, 1.82) is 0 Å². The average molecular weight is 327 g/mol. The monoisotopic (exact) mass is 327 g/mol. The summed E-state index contributed by atoms with van der Waals surface area (Å²) in [7, 11) is 2.02. The van der Waals surface area contributed by atoms with Gasteiger partial charge in [-0.3, -0.25) is 5.10 Å². The molecule has 4 aromatic rings. The predicted molar refractivity (Wildman–Crippen MR) is 93.3 cm³/mol. The van der Waals surface area contributed by atoms with E-state index in [-0.39, 0.29) is 0 Å². The Morgan fingerprint density at radius 3 is 3.00 bits per heavy atom. The summed E-state index contributed by atoms with van der Waals surface area (Å²) in [5.41, 5.74) is 9.74. The molecule has 23 heavy (non-hydrogen) atoms. The third kappa shape index (κ3) is 2.18. The van der Waals surface area contributed by atoms with Crippen molar-refractivity contribution in [2.45, 2.75) is 13.5 Å². The molecule has 118 valence electrons. The molecule has 0 aliphatic heterocycles. The SMILES string of the molecule is CCNCc1nc2c(N)nc3cc(-c4cc[nH]n4)sc3c2n1C. The minimum absolute atomic E-state index is 0.470. The summed E-state index contributed by atoms with van der Waals surface area (Å²) in [5, 5.41) is 10.4. The lowest BCUT2D eigenvalue weighted by Crippen LogP contribution is -2.15. The number of aromatic nitrogens is 5. The number of fused-ring (bicyclic) bond motifs is 3. The third-order valence-corrected chi connectivity index (χ3v) is 5.04. The van der Waals surface area contributed by atoms with Crippen LogP contribution in [0.2, 0.25) is 0 Å². The molecule has 0 fully saturated rings. The molecule has 4 N–H and O–H groups in total. The maximum absolute atomic E-state index is 6.14. The highest BCUT2D eigenvalue weighted by molar-refractivity contribution is 7.23. The van der Waals surface area contributed by atoms with Gasteiger partial charge in [-0.05, 0) is 18.7 Å². The summed E-state index contributed by atoms with van der Waals surface area (Å²) in [5.74, 6) is 1.43. The molecule has 0 bridgehead atoms. The Hall–Kier alpha value is -2.45. The lowest BCUT2D eigenvalue weighted by molar-refractivity contribution is 0.667. The Morgan fingerprint density at radius 2 is 2.26 bits per heavy atom. The summed E-state index contributed by atoms with van der Waals surface area (Å²) in [6, 6.07) is 3.98. The van der Waals surface area contributed by atoms with Crippen LogP contribution in [0.4, 0.5) is 5.82 Å². The highest BCUT2D eigenvalue weighted by Gasteiger charge is 2.18. The van der Waals surface area contributed by atoms with Gasteiger partial charge in [0, 0.05) is 13.2 Å². The molecule has 4 aromatic heterocycles. The predicted octanol–water partition coefficient (Wildman–Crippen LogP) is 2.26. The number of pyridine rings is 1. The zero-order chi connectivity index (χ0) is 16.0. The number of hydrogen-bond acceptors (Lipinski definition) is 6. The molecule has 0 atom stereocenters. The second-order valence-corrected chi connectivity index (χ2v) is 6.40. The lowest BCUT2D eigenvalue weighted by Gasteiger charge is -2.03. The number of nitrogens with two attached hydrogens (primary N) is 1. The van der Waals surface area contributed by atoms with Crippen molar-refractivity contribution < 1.29 is 0 Å². The average Bonchev–Trinajstić information content (AvgIpc) is 3.24. The maximum atomic E-state index is 6.14. The van der Waals surface area contributed by atoms with E-state index in [0.29, 0.717) is 12.4 Å². The van der Waals surface area contributed by atoms with E-state index in [9.17, 15) is 0 Å². The largest absolute Gasteiger partial charge is 0.382 e. The number of H-pyrrole nitrogens is 1. The van der Waals surface area contributed by atoms with E-state index in [1.165, 1.54) is 0 Å². The third-order valence-electron chi connectivity index (χ3n) is 3.89. The van der Waals surface area contributed by atoms with Gasteiger partial charge in [-0.15, -0.1) is 11.3 Å². The van der Waals surface area contributed by atoms with Crippen molar-refractivity contribution in [3.63, 3.8) is 0 Å². The molecule has 0 saturated heterocycles.